The van der Waals surface area contributed by atoms with Gasteiger partial charge in [-0.05, 0) is 75.1 Å². The quantitative estimate of drug-likeness (QED) is 0.337. The first-order valence-corrected chi connectivity index (χ1v) is 9.83. The lowest BCUT2D eigenvalue weighted by molar-refractivity contribution is 0.293. The molecule has 0 saturated heterocycles. The van der Waals surface area contributed by atoms with Crippen LogP contribution in [0.3, 0.4) is 0 Å². The monoisotopic (exact) mass is 440 g/mol. The molecule has 0 N–H and O–H groups in total. The molecule has 0 aromatic heterocycles. The Morgan fingerprint density at radius 3 is 1.91 bits per heavy atom. The summed E-state index contributed by atoms with van der Waals surface area (Å²) in [5.41, 5.74) is 4.28. The molecule has 23 heavy (non-hydrogen) atoms. The van der Waals surface area contributed by atoms with E-state index in [1.807, 2.05) is 0 Å². The molecule has 0 heterocycles. The molecule has 0 bridgehead atoms. The van der Waals surface area contributed by atoms with Crippen molar-refractivity contribution >= 4 is 34.2 Å². The molecule has 0 amide bonds. The maximum absolute atomic E-state index is 5.90. The van der Waals surface area contributed by atoms with Gasteiger partial charge in [0.25, 0.3) is 0 Å². The lowest BCUT2D eigenvalue weighted by atomic mass is 9.71. The number of halogens is 2. The Labute approximate surface area is 159 Å². The molecule has 0 saturated carbocycles. The first-order chi connectivity index (χ1) is 10.8. The zero-order chi connectivity index (χ0) is 17.0. The van der Waals surface area contributed by atoms with Gasteiger partial charge >= 0.3 is 0 Å². The molecule has 2 heteroatoms. The van der Waals surface area contributed by atoms with Crippen molar-refractivity contribution in [3.8, 4) is 0 Å². The number of alkyl halides is 1. The van der Waals surface area contributed by atoms with Gasteiger partial charge in [-0.25, -0.2) is 0 Å². The van der Waals surface area contributed by atoms with Crippen LogP contribution in [0, 0.1) is 8.99 Å². The molecule has 0 aliphatic rings. The lowest BCUT2D eigenvalue weighted by Gasteiger charge is -2.33. The molecule has 2 unspecified atom stereocenters. The van der Waals surface area contributed by atoms with Gasteiger partial charge in [-0.3, -0.25) is 0 Å². The van der Waals surface area contributed by atoms with Gasteiger partial charge in [-0.2, -0.15) is 0 Å². The van der Waals surface area contributed by atoms with E-state index in [9.17, 15) is 0 Å². The first kappa shape index (κ1) is 18.8. The molecular formula is C21H26ClI. The molecular weight excluding hydrogens is 415 g/mol. The molecule has 0 fully saturated rings. The van der Waals surface area contributed by atoms with Crippen LogP contribution in [0.2, 0.25) is 0 Å². The number of benzene rings is 2. The maximum atomic E-state index is 5.90. The zero-order valence-corrected chi connectivity index (χ0v) is 17.4. The zero-order valence-electron chi connectivity index (χ0n) is 14.4. The van der Waals surface area contributed by atoms with Crippen molar-refractivity contribution in [3.05, 3.63) is 68.8 Å². The van der Waals surface area contributed by atoms with Crippen LogP contribution in [0.1, 0.15) is 62.6 Å². The van der Waals surface area contributed by atoms with E-state index in [1.54, 1.807) is 0 Å². The van der Waals surface area contributed by atoms with Crippen molar-refractivity contribution < 1.29 is 0 Å². The summed E-state index contributed by atoms with van der Waals surface area (Å²) in [6.45, 7) is 9.37. The summed E-state index contributed by atoms with van der Waals surface area (Å²) in [5.74, 6) is 1.66. The number of hydrogen-bond donors (Lipinski definition) is 0. The van der Waals surface area contributed by atoms with Crippen LogP contribution in [0.4, 0.5) is 0 Å². The van der Waals surface area contributed by atoms with Crippen LogP contribution in [0.5, 0.6) is 0 Å². The molecule has 2 atom stereocenters. The Kier molecular flexibility index (Phi) is 6.56. The maximum Gasteiger partial charge on any atom is 0.0474 e. The van der Waals surface area contributed by atoms with Gasteiger partial charge in [0, 0.05) is 9.45 Å². The van der Waals surface area contributed by atoms with Crippen molar-refractivity contribution in [1.82, 2.24) is 0 Å². The minimum absolute atomic E-state index is 0.247. The fourth-order valence-electron chi connectivity index (χ4n) is 3.11. The average molecular weight is 441 g/mol. The predicted molar refractivity (Wildman–Crippen MR) is 110 cm³/mol. The van der Waals surface area contributed by atoms with Crippen LogP contribution in [0.15, 0.2) is 48.5 Å². The van der Waals surface area contributed by atoms with Crippen LogP contribution in [-0.2, 0) is 5.88 Å². The standard InChI is InChI=1S/C21H26ClI/c1-15(17-7-5-16(14-22)6-8-17)13-20(21(2,3)4)18-9-11-19(23)12-10-18/h5-12,15,20H,13-14H2,1-4H3. The van der Waals surface area contributed by atoms with Gasteiger partial charge in [0.1, 0.15) is 0 Å². The molecule has 0 radical (unpaired) electrons. The van der Waals surface area contributed by atoms with E-state index in [0.717, 1.165) is 6.42 Å². The third kappa shape index (κ3) is 5.22. The van der Waals surface area contributed by atoms with E-state index >= 15 is 0 Å². The smallest absolute Gasteiger partial charge is 0.0474 e. The molecule has 0 aliphatic carbocycles. The molecule has 2 rings (SSSR count). The van der Waals surface area contributed by atoms with Crippen LogP contribution >= 0.6 is 34.2 Å². The molecule has 0 spiro atoms. The summed E-state index contributed by atoms with van der Waals surface area (Å²) in [7, 11) is 0. The van der Waals surface area contributed by atoms with Crippen molar-refractivity contribution in [2.24, 2.45) is 5.41 Å². The van der Waals surface area contributed by atoms with Gasteiger partial charge in [0.2, 0.25) is 0 Å². The van der Waals surface area contributed by atoms with E-state index in [2.05, 4.69) is 98.8 Å². The summed E-state index contributed by atoms with van der Waals surface area (Å²) in [6, 6.07) is 17.8. The fourth-order valence-corrected chi connectivity index (χ4v) is 3.65. The summed E-state index contributed by atoms with van der Waals surface area (Å²) in [6.07, 6.45) is 1.16. The van der Waals surface area contributed by atoms with E-state index in [1.165, 1.54) is 20.3 Å². The van der Waals surface area contributed by atoms with Crippen molar-refractivity contribution in [1.29, 1.82) is 0 Å². The highest BCUT2D eigenvalue weighted by molar-refractivity contribution is 14.1. The summed E-state index contributed by atoms with van der Waals surface area (Å²) >= 11 is 8.27. The minimum Gasteiger partial charge on any atom is -0.122 e. The lowest BCUT2D eigenvalue weighted by Crippen LogP contribution is -2.20. The van der Waals surface area contributed by atoms with Crippen molar-refractivity contribution in [2.75, 3.05) is 0 Å². The van der Waals surface area contributed by atoms with Crippen LogP contribution in [0.25, 0.3) is 0 Å². The second-order valence-electron chi connectivity index (χ2n) is 7.48. The van der Waals surface area contributed by atoms with Crippen molar-refractivity contribution in [2.45, 2.75) is 51.8 Å². The molecule has 0 nitrogen and oxygen atoms in total. The highest BCUT2D eigenvalue weighted by atomic mass is 127. The third-order valence-electron chi connectivity index (χ3n) is 4.61. The normalized spacial score (nSPS) is 14.5. The summed E-state index contributed by atoms with van der Waals surface area (Å²) < 4.78 is 1.30. The van der Waals surface area contributed by atoms with Gasteiger partial charge in [-0.15, -0.1) is 11.6 Å². The molecule has 0 aliphatic heterocycles. The fraction of sp³-hybridized carbons (Fsp3) is 0.429. The van der Waals surface area contributed by atoms with Gasteiger partial charge in [-0.1, -0.05) is 64.1 Å². The van der Waals surface area contributed by atoms with Crippen molar-refractivity contribution in [3.63, 3.8) is 0 Å². The Morgan fingerprint density at radius 1 is 0.913 bits per heavy atom. The molecule has 2 aromatic rings. The number of hydrogen-bond acceptors (Lipinski definition) is 0. The minimum atomic E-state index is 0.247. The highest BCUT2D eigenvalue weighted by Crippen LogP contribution is 2.42. The van der Waals surface area contributed by atoms with Gasteiger partial charge in [0.05, 0.1) is 0 Å². The van der Waals surface area contributed by atoms with E-state index in [-0.39, 0.29) is 5.41 Å². The SMILES string of the molecule is CC(CC(c1ccc(I)cc1)C(C)(C)C)c1ccc(CCl)cc1. The van der Waals surface area contributed by atoms with Crippen LogP contribution < -0.4 is 0 Å². The van der Waals surface area contributed by atoms with Gasteiger partial charge < -0.3 is 0 Å². The second-order valence-corrected chi connectivity index (χ2v) is 9.00. The third-order valence-corrected chi connectivity index (χ3v) is 5.64. The Hall–Kier alpha value is -0.540. The van der Waals surface area contributed by atoms with E-state index in [0.29, 0.717) is 17.7 Å². The predicted octanol–water partition coefficient (Wildman–Crippen LogP) is 7.35. The summed E-state index contributed by atoms with van der Waals surface area (Å²) in [4.78, 5) is 0. The Bertz CT molecular complexity index is 608. The van der Waals surface area contributed by atoms with Crippen LogP contribution in [-0.4, -0.2) is 0 Å². The van der Waals surface area contributed by atoms with E-state index in [4.69, 9.17) is 11.6 Å². The summed E-state index contributed by atoms with van der Waals surface area (Å²) in [5, 5.41) is 0. The van der Waals surface area contributed by atoms with E-state index < -0.39 is 0 Å². The second kappa shape index (κ2) is 8.02. The van der Waals surface area contributed by atoms with Gasteiger partial charge in [0.15, 0.2) is 0 Å². The Morgan fingerprint density at radius 2 is 1.43 bits per heavy atom. The number of rotatable bonds is 5. The average Bonchev–Trinajstić information content (AvgIpc) is 2.52. The Balaban J connectivity index is 2.21. The topological polar surface area (TPSA) is 0 Å². The molecule has 124 valence electrons. The largest absolute Gasteiger partial charge is 0.122 e. The first-order valence-electron chi connectivity index (χ1n) is 8.21. The molecule has 2 aromatic carbocycles. The highest BCUT2D eigenvalue weighted by Gasteiger charge is 2.28.